The molecule has 1 saturated heterocycles. The van der Waals surface area contributed by atoms with E-state index < -0.39 is 0 Å². The Kier molecular flexibility index (Phi) is 7.79. The van der Waals surface area contributed by atoms with Gasteiger partial charge < -0.3 is 15.0 Å². The van der Waals surface area contributed by atoms with Crippen LogP contribution in [0.5, 0.6) is 0 Å². The van der Waals surface area contributed by atoms with Gasteiger partial charge in [-0.3, -0.25) is 9.69 Å². The molecule has 0 saturated carbocycles. The number of nitrogens with zero attached hydrogens (tertiary/aromatic N) is 4. The number of carbonyl (C=O) groups is 1. The lowest BCUT2D eigenvalue weighted by Crippen LogP contribution is -2.37. The van der Waals surface area contributed by atoms with Crippen LogP contribution < -0.4 is 10.2 Å². The maximum Gasteiger partial charge on any atom is 0.238 e. The quantitative estimate of drug-likeness (QED) is 0.497. The van der Waals surface area contributed by atoms with Gasteiger partial charge in [0.25, 0.3) is 0 Å². The number of anilines is 2. The second kappa shape index (κ2) is 11.4. The van der Waals surface area contributed by atoms with E-state index in [9.17, 15) is 4.79 Å². The van der Waals surface area contributed by atoms with Crippen molar-refractivity contribution in [1.82, 2.24) is 4.90 Å². The molecule has 4 rings (SSSR count). The van der Waals surface area contributed by atoms with Gasteiger partial charge in [0.05, 0.1) is 31.1 Å². The number of likely N-dealkylation sites (N-methyl/N-ethyl adjacent to an activating group) is 1. The molecule has 1 heterocycles. The molecule has 1 aliphatic heterocycles. The van der Waals surface area contributed by atoms with Gasteiger partial charge in [-0.05, 0) is 55.1 Å². The van der Waals surface area contributed by atoms with Crippen LogP contribution >= 0.6 is 0 Å². The van der Waals surface area contributed by atoms with Crippen LogP contribution in [0.1, 0.15) is 5.56 Å². The summed E-state index contributed by atoms with van der Waals surface area (Å²) >= 11 is 0. The molecule has 7 heteroatoms. The molecule has 0 unspecified atom stereocenters. The fourth-order valence-corrected chi connectivity index (χ4v) is 3.77. The molecule has 3 aromatic rings. The van der Waals surface area contributed by atoms with E-state index in [0.717, 1.165) is 43.4 Å². The average Bonchev–Trinajstić information content (AvgIpc) is 2.85. The summed E-state index contributed by atoms with van der Waals surface area (Å²) in [6.45, 7) is 4.27. The second-order valence-corrected chi connectivity index (χ2v) is 8.03. The van der Waals surface area contributed by atoms with Gasteiger partial charge in [0.1, 0.15) is 0 Å². The molecular weight excluding hydrogens is 414 g/mol. The lowest BCUT2D eigenvalue weighted by molar-refractivity contribution is -0.117. The van der Waals surface area contributed by atoms with Gasteiger partial charge in [-0.25, -0.2) is 0 Å². The van der Waals surface area contributed by atoms with E-state index in [2.05, 4.69) is 38.6 Å². The number of nitrogens with one attached hydrogen (secondary N) is 1. The van der Waals surface area contributed by atoms with Crippen LogP contribution in [0, 0.1) is 0 Å². The third-order valence-corrected chi connectivity index (χ3v) is 5.39. The first-order valence-electron chi connectivity index (χ1n) is 11.1. The number of para-hydroxylation sites is 1. The third-order valence-electron chi connectivity index (χ3n) is 5.39. The minimum Gasteiger partial charge on any atom is -0.378 e. The van der Waals surface area contributed by atoms with E-state index in [-0.39, 0.29) is 5.91 Å². The van der Waals surface area contributed by atoms with Crippen molar-refractivity contribution in [3.8, 4) is 0 Å². The van der Waals surface area contributed by atoms with E-state index in [1.807, 2.05) is 72.6 Å². The minimum atomic E-state index is -0.0555. The molecule has 3 aromatic carbocycles. The molecule has 0 atom stereocenters. The van der Waals surface area contributed by atoms with Crippen LogP contribution in [-0.4, -0.2) is 50.7 Å². The van der Waals surface area contributed by atoms with Gasteiger partial charge in [-0.15, -0.1) is 0 Å². The first-order chi connectivity index (χ1) is 16.2. The van der Waals surface area contributed by atoms with Crippen LogP contribution in [0.15, 0.2) is 89.1 Å². The maximum atomic E-state index is 12.6. The van der Waals surface area contributed by atoms with E-state index >= 15 is 0 Å². The summed E-state index contributed by atoms with van der Waals surface area (Å²) in [6.07, 6.45) is 0. The molecule has 0 radical (unpaired) electrons. The number of hydrogen-bond donors (Lipinski definition) is 1. The molecule has 33 heavy (non-hydrogen) atoms. The van der Waals surface area contributed by atoms with Crippen LogP contribution in [0.25, 0.3) is 0 Å². The zero-order valence-electron chi connectivity index (χ0n) is 18.9. The summed E-state index contributed by atoms with van der Waals surface area (Å²) in [7, 11) is 1.96. The molecule has 1 N–H and O–H groups in total. The van der Waals surface area contributed by atoms with Crippen molar-refractivity contribution in [2.45, 2.75) is 6.54 Å². The van der Waals surface area contributed by atoms with E-state index in [1.54, 1.807) is 0 Å². The lowest BCUT2D eigenvalue weighted by atomic mass is 10.1. The fourth-order valence-electron chi connectivity index (χ4n) is 3.77. The number of morpholine rings is 1. The van der Waals surface area contributed by atoms with E-state index in [1.165, 1.54) is 11.3 Å². The number of hydrogen-bond acceptors (Lipinski definition) is 6. The Morgan fingerprint density at radius 3 is 2.27 bits per heavy atom. The SMILES string of the molecule is CN(CC(=O)Nc1ccc(N=Nc2ccccc2)cc1)Cc1ccccc1N1CCOCC1. The van der Waals surface area contributed by atoms with E-state index in [0.29, 0.717) is 13.1 Å². The van der Waals surface area contributed by atoms with Crippen molar-refractivity contribution in [2.24, 2.45) is 10.2 Å². The Morgan fingerprint density at radius 1 is 0.909 bits per heavy atom. The lowest BCUT2D eigenvalue weighted by Gasteiger charge is -2.31. The van der Waals surface area contributed by atoms with Gasteiger partial charge in [0.15, 0.2) is 0 Å². The molecule has 1 amide bonds. The average molecular weight is 444 g/mol. The normalized spacial score (nSPS) is 14.1. The van der Waals surface area contributed by atoms with Crippen LogP contribution in [-0.2, 0) is 16.1 Å². The van der Waals surface area contributed by atoms with Gasteiger partial charge in [-0.1, -0.05) is 36.4 Å². The molecule has 170 valence electrons. The fraction of sp³-hybridized carbons (Fsp3) is 0.269. The highest BCUT2D eigenvalue weighted by Crippen LogP contribution is 2.23. The van der Waals surface area contributed by atoms with Crippen molar-refractivity contribution < 1.29 is 9.53 Å². The molecular formula is C26H29N5O2. The Balaban J connectivity index is 1.30. The summed E-state index contributed by atoms with van der Waals surface area (Å²) in [5.41, 5.74) is 4.69. The minimum absolute atomic E-state index is 0.0555. The summed E-state index contributed by atoms with van der Waals surface area (Å²) < 4.78 is 5.48. The highest BCUT2D eigenvalue weighted by molar-refractivity contribution is 5.92. The number of benzene rings is 3. The summed E-state index contributed by atoms with van der Waals surface area (Å²) in [6, 6.07) is 25.3. The summed E-state index contributed by atoms with van der Waals surface area (Å²) in [5.74, 6) is -0.0555. The largest absolute Gasteiger partial charge is 0.378 e. The van der Waals surface area contributed by atoms with Gasteiger partial charge in [-0.2, -0.15) is 10.2 Å². The zero-order valence-corrected chi connectivity index (χ0v) is 18.9. The summed E-state index contributed by atoms with van der Waals surface area (Å²) in [5, 5.41) is 11.4. The molecule has 0 spiro atoms. The molecule has 7 nitrogen and oxygen atoms in total. The molecule has 1 aliphatic rings. The van der Waals surface area contributed by atoms with Gasteiger partial charge >= 0.3 is 0 Å². The standard InChI is InChI=1S/C26H29N5O2/c1-30(19-21-7-5-6-10-25(21)31-15-17-33-18-16-31)20-26(32)27-22-11-13-24(14-12-22)29-28-23-8-3-2-4-9-23/h2-14H,15-20H2,1H3,(H,27,32). The third kappa shape index (κ3) is 6.71. The Hall–Kier alpha value is -3.55. The topological polar surface area (TPSA) is 69.5 Å². The van der Waals surface area contributed by atoms with Crippen molar-refractivity contribution in [2.75, 3.05) is 50.1 Å². The van der Waals surface area contributed by atoms with Crippen LogP contribution in [0.3, 0.4) is 0 Å². The van der Waals surface area contributed by atoms with Gasteiger partial charge in [0, 0.05) is 31.0 Å². The monoisotopic (exact) mass is 443 g/mol. The van der Waals surface area contributed by atoms with Crippen molar-refractivity contribution in [3.05, 3.63) is 84.4 Å². The van der Waals surface area contributed by atoms with Crippen LogP contribution in [0.4, 0.5) is 22.7 Å². The highest BCUT2D eigenvalue weighted by atomic mass is 16.5. The van der Waals surface area contributed by atoms with Crippen molar-refractivity contribution in [1.29, 1.82) is 0 Å². The Labute approximate surface area is 194 Å². The van der Waals surface area contributed by atoms with Crippen molar-refractivity contribution in [3.63, 3.8) is 0 Å². The number of rotatable bonds is 8. The number of azo groups is 1. The number of carbonyl (C=O) groups excluding carboxylic acids is 1. The smallest absolute Gasteiger partial charge is 0.238 e. The first kappa shape index (κ1) is 22.6. The predicted octanol–water partition coefficient (Wildman–Crippen LogP) is 5.01. The molecule has 0 bridgehead atoms. The van der Waals surface area contributed by atoms with E-state index in [4.69, 9.17) is 4.74 Å². The van der Waals surface area contributed by atoms with Crippen LogP contribution in [0.2, 0.25) is 0 Å². The van der Waals surface area contributed by atoms with Crippen molar-refractivity contribution >= 4 is 28.7 Å². The Bertz CT molecular complexity index is 1060. The maximum absolute atomic E-state index is 12.6. The second-order valence-electron chi connectivity index (χ2n) is 8.03. The predicted molar refractivity (Wildman–Crippen MR) is 131 cm³/mol. The number of amides is 1. The Morgan fingerprint density at radius 2 is 1.55 bits per heavy atom. The molecule has 0 aliphatic carbocycles. The highest BCUT2D eigenvalue weighted by Gasteiger charge is 2.16. The van der Waals surface area contributed by atoms with Gasteiger partial charge in [0.2, 0.25) is 5.91 Å². The zero-order chi connectivity index (χ0) is 22.9. The first-order valence-corrected chi connectivity index (χ1v) is 11.1. The summed E-state index contributed by atoms with van der Waals surface area (Å²) in [4.78, 5) is 16.9. The number of ether oxygens (including phenoxy) is 1. The molecule has 0 aromatic heterocycles. The molecule has 1 fully saturated rings.